The van der Waals surface area contributed by atoms with Gasteiger partial charge in [0.1, 0.15) is 0 Å². The Morgan fingerprint density at radius 3 is 2.74 bits per heavy atom. The Labute approximate surface area is 225 Å². The van der Waals surface area contributed by atoms with Crippen LogP contribution in [0.3, 0.4) is 0 Å². The monoisotopic (exact) mass is 521 g/mol. The second-order valence-electron chi connectivity index (χ2n) is 9.11. The summed E-state index contributed by atoms with van der Waals surface area (Å²) in [5.74, 6) is -0.744. The maximum absolute atomic E-state index is 13.1. The Bertz CT molecular complexity index is 1510. The lowest BCUT2D eigenvalue weighted by Gasteiger charge is -2.36. The molecule has 196 valence electrons. The number of rotatable bonds is 4. The molecule has 39 heavy (non-hydrogen) atoms. The van der Waals surface area contributed by atoms with Gasteiger partial charge in [-0.05, 0) is 31.2 Å². The number of nitrogens with two attached hydrogens (primary N) is 1. The number of nitriles is 1. The molecule has 10 heteroatoms. The molecule has 0 saturated carbocycles. The molecule has 10 nitrogen and oxygen atoms in total. The van der Waals surface area contributed by atoms with Crippen molar-refractivity contribution in [3.05, 3.63) is 95.1 Å². The van der Waals surface area contributed by atoms with Crippen molar-refractivity contribution >= 4 is 34.9 Å². The lowest BCUT2D eigenvalue weighted by atomic mass is 10.0. The van der Waals surface area contributed by atoms with Gasteiger partial charge in [0.25, 0.3) is 11.9 Å². The molecule has 1 amide bonds. The molecule has 0 bridgehead atoms. The SMILES string of the molecule is C[C@@H]1COCCN1c1cc(C#N)ccc1C(=N)OC(N)=N[C@H]1N=C(c2ccccc2)c2ccccc2NC1=O. The van der Waals surface area contributed by atoms with Crippen molar-refractivity contribution in [1.82, 2.24) is 0 Å². The summed E-state index contributed by atoms with van der Waals surface area (Å²) in [6, 6.07) is 23.6. The normalized spacial score (nSPS) is 19.2. The van der Waals surface area contributed by atoms with Crippen LogP contribution in [0.2, 0.25) is 0 Å². The highest BCUT2D eigenvalue weighted by Gasteiger charge is 2.27. The number of benzodiazepines with no additional fused rings is 1. The predicted octanol–water partition coefficient (Wildman–Crippen LogP) is 3.26. The second-order valence-corrected chi connectivity index (χ2v) is 9.11. The third-order valence-corrected chi connectivity index (χ3v) is 6.48. The molecule has 2 aliphatic heterocycles. The van der Waals surface area contributed by atoms with E-state index in [0.717, 1.165) is 11.1 Å². The minimum atomic E-state index is -1.24. The molecular formula is C29H27N7O3. The Morgan fingerprint density at radius 1 is 1.21 bits per heavy atom. The van der Waals surface area contributed by atoms with Crippen LogP contribution in [0.4, 0.5) is 11.4 Å². The van der Waals surface area contributed by atoms with E-state index in [1.807, 2.05) is 55.5 Å². The smallest absolute Gasteiger partial charge is 0.291 e. The first-order valence-electron chi connectivity index (χ1n) is 12.5. The number of carbonyl (C=O) groups is 1. The summed E-state index contributed by atoms with van der Waals surface area (Å²) in [6.45, 7) is 3.65. The van der Waals surface area contributed by atoms with Crippen LogP contribution in [-0.4, -0.2) is 55.5 Å². The van der Waals surface area contributed by atoms with Crippen LogP contribution in [-0.2, 0) is 14.3 Å². The van der Waals surface area contributed by atoms with E-state index in [0.29, 0.717) is 48.0 Å². The molecule has 0 aliphatic carbocycles. The summed E-state index contributed by atoms with van der Waals surface area (Å²) in [7, 11) is 0. The fraction of sp³-hybridized carbons (Fsp3) is 0.207. The summed E-state index contributed by atoms with van der Waals surface area (Å²) >= 11 is 0. The molecule has 1 saturated heterocycles. The van der Waals surface area contributed by atoms with Gasteiger partial charge < -0.3 is 25.4 Å². The molecule has 4 N–H and O–H groups in total. The summed E-state index contributed by atoms with van der Waals surface area (Å²) < 4.78 is 11.2. The molecule has 0 radical (unpaired) electrons. The number of amidine groups is 1. The van der Waals surface area contributed by atoms with Crippen molar-refractivity contribution in [3.63, 3.8) is 0 Å². The van der Waals surface area contributed by atoms with Crippen molar-refractivity contribution in [3.8, 4) is 6.07 Å². The third-order valence-electron chi connectivity index (χ3n) is 6.48. The summed E-state index contributed by atoms with van der Waals surface area (Å²) in [4.78, 5) is 24.0. The number of morpholine rings is 1. The molecule has 0 unspecified atom stereocenters. The highest BCUT2D eigenvalue weighted by atomic mass is 16.5. The first kappa shape index (κ1) is 25.6. The van der Waals surface area contributed by atoms with Gasteiger partial charge in [-0.2, -0.15) is 10.3 Å². The van der Waals surface area contributed by atoms with E-state index >= 15 is 0 Å². The van der Waals surface area contributed by atoms with Gasteiger partial charge in [-0.3, -0.25) is 10.2 Å². The van der Waals surface area contributed by atoms with Gasteiger partial charge >= 0.3 is 0 Å². The summed E-state index contributed by atoms with van der Waals surface area (Å²) in [6.07, 6.45) is -1.24. The van der Waals surface area contributed by atoms with Gasteiger partial charge in [0, 0.05) is 23.7 Å². The fourth-order valence-electron chi connectivity index (χ4n) is 4.58. The number of nitrogens with one attached hydrogen (secondary N) is 2. The zero-order valence-electron chi connectivity index (χ0n) is 21.3. The average Bonchev–Trinajstić information content (AvgIpc) is 3.09. The van der Waals surface area contributed by atoms with Gasteiger partial charge in [-0.1, -0.05) is 48.5 Å². The van der Waals surface area contributed by atoms with E-state index in [2.05, 4.69) is 26.3 Å². The summed E-state index contributed by atoms with van der Waals surface area (Å²) in [5, 5.41) is 20.9. The highest BCUT2D eigenvalue weighted by Crippen LogP contribution is 2.27. The van der Waals surface area contributed by atoms with E-state index in [4.69, 9.17) is 20.6 Å². The van der Waals surface area contributed by atoms with Crippen molar-refractivity contribution in [2.75, 3.05) is 30.0 Å². The van der Waals surface area contributed by atoms with Gasteiger partial charge in [-0.25, -0.2) is 4.99 Å². The molecular weight excluding hydrogens is 494 g/mol. The molecule has 2 heterocycles. The van der Waals surface area contributed by atoms with Crippen molar-refractivity contribution in [1.29, 1.82) is 10.7 Å². The quantitative estimate of drug-likeness (QED) is 0.354. The zero-order chi connectivity index (χ0) is 27.4. The molecule has 0 spiro atoms. The molecule has 3 aromatic carbocycles. The van der Waals surface area contributed by atoms with E-state index < -0.39 is 12.1 Å². The Hall–Kier alpha value is -5.01. The maximum Gasteiger partial charge on any atom is 0.291 e. The first-order chi connectivity index (χ1) is 18.9. The van der Waals surface area contributed by atoms with Gasteiger partial charge in [0.2, 0.25) is 12.1 Å². The zero-order valence-corrected chi connectivity index (χ0v) is 21.3. The number of hydrogen-bond donors (Lipinski definition) is 3. The van der Waals surface area contributed by atoms with Crippen LogP contribution in [0.15, 0.2) is 82.8 Å². The predicted molar refractivity (Wildman–Crippen MR) is 149 cm³/mol. The van der Waals surface area contributed by atoms with E-state index in [9.17, 15) is 10.1 Å². The molecule has 3 aromatic rings. The molecule has 0 aromatic heterocycles. The first-order valence-corrected chi connectivity index (χ1v) is 12.5. The van der Waals surface area contributed by atoms with Gasteiger partial charge in [0.05, 0.1) is 47.5 Å². The number of anilines is 2. The van der Waals surface area contributed by atoms with Crippen LogP contribution >= 0.6 is 0 Å². The lowest BCUT2D eigenvalue weighted by molar-refractivity contribution is -0.117. The van der Waals surface area contributed by atoms with E-state index in [1.165, 1.54) is 0 Å². The minimum absolute atomic E-state index is 0.0346. The second kappa shape index (κ2) is 11.2. The average molecular weight is 522 g/mol. The largest absolute Gasteiger partial charge is 0.407 e. The topological polar surface area (TPSA) is 149 Å². The van der Waals surface area contributed by atoms with Crippen LogP contribution in [0.5, 0.6) is 0 Å². The number of aliphatic imine (C=N–C) groups is 2. The number of amides is 1. The van der Waals surface area contributed by atoms with Crippen LogP contribution in [0.25, 0.3) is 0 Å². The van der Waals surface area contributed by atoms with Crippen LogP contribution in [0, 0.1) is 16.7 Å². The molecule has 5 rings (SSSR count). The molecule has 2 atom stereocenters. The van der Waals surface area contributed by atoms with Gasteiger partial charge in [0.15, 0.2) is 0 Å². The standard InChI is InChI=1S/C29H27N7O3/c1-18-17-38-14-13-36(18)24-15-19(16-30)11-12-22(24)26(31)39-29(32)35-27-28(37)33-23-10-6-5-9-21(23)25(34-27)20-7-3-2-4-8-20/h2-12,15,18,27,31H,13-14,17H2,1H3,(H2,32,35)(H,33,37)/t18-,27-/m1/s1. The third kappa shape index (κ3) is 5.49. The Kier molecular flexibility index (Phi) is 7.34. The van der Waals surface area contributed by atoms with Crippen LogP contribution in [0.1, 0.15) is 29.2 Å². The number of ether oxygens (including phenoxy) is 2. The van der Waals surface area contributed by atoms with Crippen molar-refractivity contribution in [2.24, 2.45) is 15.7 Å². The Balaban J connectivity index is 1.45. The summed E-state index contributed by atoms with van der Waals surface area (Å²) in [5.41, 5.74) is 10.4. The van der Waals surface area contributed by atoms with Gasteiger partial charge in [-0.15, -0.1) is 0 Å². The lowest BCUT2D eigenvalue weighted by Crippen LogP contribution is -2.44. The molecule has 1 fully saturated rings. The number of carbonyl (C=O) groups excluding carboxylic acids is 1. The number of para-hydroxylation sites is 1. The van der Waals surface area contributed by atoms with Crippen molar-refractivity contribution < 1.29 is 14.3 Å². The Morgan fingerprint density at radius 2 is 1.97 bits per heavy atom. The molecule has 2 aliphatic rings. The number of nitrogens with zero attached hydrogens (tertiary/aromatic N) is 4. The van der Waals surface area contributed by atoms with Crippen LogP contribution < -0.4 is 16.0 Å². The van der Waals surface area contributed by atoms with Crippen molar-refractivity contribution in [2.45, 2.75) is 19.1 Å². The maximum atomic E-state index is 13.1. The van der Waals surface area contributed by atoms with E-state index in [-0.39, 0.29) is 18.0 Å². The highest BCUT2D eigenvalue weighted by molar-refractivity contribution is 6.19. The number of benzene rings is 3. The minimum Gasteiger partial charge on any atom is -0.407 e. The number of fused-ring (bicyclic) bond motifs is 1. The fourth-order valence-corrected chi connectivity index (χ4v) is 4.58. The van der Waals surface area contributed by atoms with E-state index in [1.54, 1.807) is 24.3 Å². The number of hydrogen-bond acceptors (Lipinski definition) is 8.